The Morgan fingerprint density at radius 2 is 2.06 bits per heavy atom. The first-order valence-corrected chi connectivity index (χ1v) is 6.24. The van der Waals surface area contributed by atoms with Crippen LogP contribution in [0.2, 0.25) is 0 Å². The van der Waals surface area contributed by atoms with Crippen LogP contribution in [0.15, 0.2) is 30.3 Å². The second-order valence-electron chi connectivity index (χ2n) is 4.22. The van der Waals surface area contributed by atoms with Gasteiger partial charge in [0.1, 0.15) is 6.04 Å². The van der Waals surface area contributed by atoms with Crippen molar-refractivity contribution in [2.75, 3.05) is 6.54 Å². The number of rotatable bonds is 8. The van der Waals surface area contributed by atoms with Crippen LogP contribution < -0.4 is 5.32 Å². The number of carboxylic acids is 1. The van der Waals surface area contributed by atoms with E-state index in [2.05, 4.69) is 24.4 Å². The Morgan fingerprint density at radius 3 is 2.65 bits per heavy atom. The molecule has 1 unspecified atom stereocenters. The van der Waals surface area contributed by atoms with E-state index in [-0.39, 0.29) is 0 Å². The van der Waals surface area contributed by atoms with Gasteiger partial charge in [0.05, 0.1) is 0 Å². The number of unbranched alkanes of at least 4 members (excludes halogenated alkanes) is 1. The molecule has 0 bridgehead atoms. The molecule has 94 valence electrons. The van der Waals surface area contributed by atoms with E-state index in [1.54, 1.807) is 0 Å². The highest BCUT2D eigenvalue weighted by atomic mass is 16.4. The van der Waals surface area contributed by atoms with Crippen LogP contribution in [0.25, 0.3) is 0 Å². The Bertz CT molecular complexity index is 324. The molecule has 0 aliphatic rings. The summed E-state index contributed by atoms with van der Waals surface area (Å²) < 4.78 is 0. The minimum absolute atomic E-state index is 0.404. The quantitative estimate of drug-likeness (QED) is 0.727. The lowest BCUT2D eigenvalue weighted by Gasteiger charge is -2.13. The van der Waals surface area contributed by atoms with Gasteiger partial charge in [0, 0.05) is 0 Å². The molecule has 0 fully saturated rings. The van der Waals surface area contributed by atoms with Crippen LogP contribution in [-0.2, 0) is 11.2 Å². The van der Waals surface area contributed by atoms with Crippen molar-refractivity contribution >= 4 is 5.97 Å². The van der Waals surface area contributed by atoms with Crippen molar-refractivity contribution in [1.29, 1.82) is 0 Å². The van der Waals surface area contributed by atoms with Crippen LogP contribution in [0.1, 0.15) is 31.7 Å². The lowest BCUT2D eigenvalue weighted by Crippen LogP contribution is -2.37. The highest BCUT2D eigenvalue weighted by Crippen LogP contribution is 2.02. The van der Waals surface area contributed by atoms with Gasteiger partial charge in [0.15, 0.2) is 0 Å². The second-order valence-corrected chi connectivity index (χ2v) is 4.22. The minimum atomic E-state index is -0.744. The molecule has 17 heavy (non-hydrogen) atoms. The van der Waals surface area contributed by atoms with Gasteiger partial charge < -0.3 is 10.4 Å². The zero-order chi connectivity index (χ0) is 12.5. The Labute approximate surface area is 103 Å². The van der Waals surface area contributed by atoms with Gasteiger partial charge in [-0.05, 0) is 24.9 Å². The lowest BCUT2D eigenvalue weighted by atomic mass is 10.1. The number of carboxylic acid groups (broad SMARTS) is 1. The molecule has 0 aliphatic heterocycles. The molecule has 1 aromatic rings. The van der Waals surface area contributed by atoms with Gasteiger partial charge in [0.25, 0.3) is 0 Å². The first-order valence-electron chi connectivity index (χ1n) is 6.24. The molecule has 0 heterocycles. The topological polar surface area (TPSA) is 49.3 Å². The predicted octanol–water partition coefficient (Wildman–Crippen LogP) is 2.46. The first kappa shape index (κ1) is 13.7. The van der Waals surface area contributed by atoms with Gasteiger partial charge in [-0.1, -0.05) is 50.1 Å². The zero-order valence-electron chi connectivity index (χ0n) is 10.4. The standard InChI is InChI=1S/C14H21NO2/c1-2-3-9-13(14(16)17)15-11-10-12-7-5-4-6-8-12/h4-8,13,15H,2-3,9-11H2,1H3,(H,16,17). The summed E-state index contributed by atoms with van der Waals surface area (Å²) >= 11 is 0. The lowest BCUT2D eigenvalue weighted by molar-refractivity contribution is -0.139. The summed E-state index contributed by atoms with van der Waals surface area (Å²) in [6.45, 7) is 2.79. The van der Waals surface area contributed by atoms with Gasteiger partial charge in [-0.2, -0.15) is 0 Å². The Hall–Kier alpha value is -1.35. The molecule has 1 atom stereocenters. The van der Waals surface area contributed by atoms with E-state index in [0.29, 0.717) is 13.0 Å². The van der Waals surface area contributed by atoms with Crippen LogP contribution in [0.5, 0.6) is 0 Å². The van der Waals surface area contributed by atoms with Crippen molar-refractivity contribution in [3.63, 3.8) is 0 Å². The maximum Gasteiger partial charge on any atom is 0.320 e. The summed E-state index contributed by atoms with van der Waals surface area (Å²) in [6.07, 6.45) is 3.57. The number of nitrogens with one attached hydrogen (secondary N) is 1. The van der Waals surface area contributed by atoms with Gasteiger partial charge in [-0.15, -0.1) is 0 Å². The highest BCUT2D eigenvalue weighted by molar-refractivity contribution is 5.73. The molecule has 1 rings (SSSR count). The normalized spacial score (nSPS) is 12.3. The minimum Gasteiger partial charge on any atom is -0.480 e. The third-order valence-electron chi connectivity index (χ3n) is 2.79. The number of carbonyl (C=O) groups is 1. The molecule has 0 aliphatic carbocycles. The van der Waals surface area contributed by atoms with E-state index >= 15 is 0 Å². The average Bonchev–Trinajstić information content (AvgIpc) is 2.34. The Morgan fingerprint density at radius 1 is 1.35 bits per heavy atom. The maximum atomic E-state index is 11.0. The van der Waals surface area contributed by atoms with Crippen LogP contribution >= 0.6 is 0 Å². The molecule has 2 N–H and O–H groups in total. The summed E-state index contributed by atoms with van der Waals surface area (Å²) in [4.78, 5) is 11.0. The monoisotopic (exact) mass is 235 g/mol. The molecule has 1 aromatic carbocycles. The van der Waals surface area contributed by atoms with E-state index in [0.717, 1.165) is 19.3 Å². The molecular weight excluding hydrogens is 214 g/mol. The Balaban J connectivity index is 2.29. The number of aliphatic carboxylic acids is 1. The average molecular weight is 235 g/mol. The molecule has 3 heteroatoms. The van der Waals surface area contributed by atoms with E-state index in [1.807, 2.05) is 18.2 Å². The van der Waals surface area contributed by atoms with Crippen molar-refractivity contribution in [2.45, 2.75) is 38.6 Å². The van der Waals surface area contributed by atoms with E-state index in [4.69, 9.17) is 5.11 Å². The van der Waals surface area contributed by atoms with Gasteiger partial charge in [-0.25, -0.2) is 0 Å². The molecule has 3 nitrogen and oxygen atoms in total. The number of hydrogen-bond acceptors (Lipinski definition) is 2. The zero-order valence-corrected chi connectivity index (χ0v) is 10.4. The molecule has 0 radical (unpaired) electrons. The van der Waals surface area contributed by atoms with Crippen LogP contribution in [0.3, 0.4) is 0 Å². The van der Waals surface area contributed by atoms with E-state index < -0.39 is 12.0 Å². The summed E-state index contributed by atoms with van der Waals surface area (Å²) in [7, 11) is 0. The fraction of sp³-hybridized carbons (Fsp3) is 0.500. The highest BCUT2D eigenvalue weighted by Gasteiger charge is 2.14. The third-order valence-corrected chi connectivity index (χ3v) is 2.79. The molecule has 0 amide bonds. The Kier molecular flexibility index (Phi) is 6.33. The van der Waals surface area contributed by atoms with Crippen molar-refractivity contribution in [1.82, 2.24) is 5.32 Å². The fourth-order valence-corrected chi connectivity index (χ4v) is 1.76. The SMILES string of the molecule is CCCCC(NCCc1ccccc1)C(=O)O. The molecular formula is C14H21NO2. The van der Waals surface area contributed by atoms with Crippen molar-refractivity contribution in [3.8, 4) is 0 Å². The van der Waals surface area contributed by atoms with Gasteiger partial charge in [0.2, 0.25) is 0 Å². The van der Waals surface area contributed by atoms with Crippen molar-refractivity contribution in [3.05, 3.63) is 35.9 Å². The van der Waals surface area contributed by atoms with Crippen LogP contribution in [-0.4, -0.2) is 23.7 Å². The molecule has 0 saturated carbocycles. The number of benzene rings is 1. The summed E-state index contributed by atoms with van der Waals surface area (Å²) in [6, 6.07) is 9.70. The summed E-state index contributed by atoms with van der Waals surface area (Å²) in [5.41, 5.74) is 1.24. The molecule has 0 spiro atoms. The van der Waals surface area contributed by atoms with E-state index in [1.165, 1.54) is 5.56 Å². The summed E-state index contributed by atoms with van der Waals surface area (Å²) in [5, 5.41) is 12.1. The predicted molar refractivity (Wildman–Crippen MR) is 69.1 cm³/mol. The van der Waals surface area contributed by atoms with Gasteiger partial charge >= 0.3 is 5.97 Å². The van der Waals surface area contributed by atoms with Gasteiger partial charge in [-0.3, -0.25) is 4.79 Å². The van der Waals surface area contributed by atoms with Crippen LogP contribution in [0, 0.1) is 0 Å². The smallest absolute Gasteiger partial charge is 0.320 e. The summed E-state index contributed by atoms with van der Waals surface area (Å²) in [5.74, 6) is -0.744. The molecule has 0 saturated heterocycles. The van der Waals surface area contributed by atoms with Crippen LogP contribution in [0.4, 0.5) is 0 Å². The first-order chi connectivity index (χ1) is 8.24. The van der Waals surface area contributed by atoms with Crippen molar-refractivity contribution in [2.24, 2.45) is 0 Å². The largest absolute Gasteiger partial charge is 0.480 e. The third kappa shape index (κ3) is 5.50. The second kappa shape index (κ2) is 7.85. The number of hydrogen-bond donors (Lipinski definition) is 2. The van der Waals surface area contributed by atoms with Crippen molar-refractivity contribution < 1.29 is 9.90 Å². The molecule has 0 aromatic heterocycles. The van der Waals surface area contributed by atoms with E-state index in [9.17, 15) is 4.79 Å². The fourth-order valence-electron chi connectivity index (χ4n) is 1.76. The maximum absolute atomic E-state index is 11.0.